The SMILES string of the molecule is CC(=O)CC(C)=O.[O]=[Zr]. The second kappa shape index (κ2) is 8.02. The van der Waals surface area contributed by atoms with E-state index in [1.165, 1.54) is 13.8 Å². The molecule has 0 bridgehead atoms. The summed E-state index contributed by atoms with van der Waals surface area (Å²) in [6, 6.07) is 0. The molecule has 0 aliphatic rings. The zero-order chi connectivity index (χ0) is 7.86. The van der Waals surface area contributed by atoms with Crippen molar-refractivity contribution >= 4 is 11.6 Å². The van der Waals surface area contributed by atoms with Gasteiger partial charge in [-0.25, -0.2) is 0 Å². The maximum atomic E-state index is 10.0. The predicted molar refractivity (Wildman–Crippen MR) is 26.7 cm³/mol. The molecule has 0 aliphatic carbocycles. The van der Waals surface area contributed by atoms with Crippen molar-refractivity contribution in [1.82, 2.24) is 0 Å². The van der Waals surface area contributed by atoms with Crippen molar-refractivity contribution in [3.63, 3.8) is 0 Å². The molecule has 0 amide bonds. The van der Waals surface area contributed by atoms with Gasteiger partial charge in [0.15, 0.2) is 0 Å². The average Bonchev–Trinajstić information content (AvgIpc) is 1.68. The standard InChI is InChI=1S/C5H8O2.O.Zr/c1-4(6)3-5(2)7;;/h3H2,1-2H3;;. The third-order valence-electron chi connectivity index (χ3n) is 0.498. The van der Waals surface area contributed by atoms with Crippen LogP contribution in [0.2, 0.25) is 0 Å². The number of rotatable bonds is 2. The minimum atomic E-state index is -0.0625. The Labute approximate surface area is 69.1 Å². The Bertz CT molecular complexity index is 98.8. The van der Waals surface area contributed by atoms with Crippen LogP contribution in [0.1, 0.15) is 20.3 Å². The van der Waals surface area contributed by atoms with E-state index in [1.54, 1.807) is 0 Å². The molecule has 50 valence electrons. The van der Waals surface area contributed by atoms with E-state index >= 15 is 0 Å². The molecular formula is C5H8O3Zr. The number of carbonyl (C=O) groups is 2. The number of Topliss-reactive ketones (excluding diaryl/α,β-unsaturated/α-hetero) is 2. The first-order valence-corrected chi connectivity index (χ1v) is 3.32. The average molecular weight is 207 g/mol. The number of carbonyl (C=O) groups excluding carboxylic acids is 2. The molecule has 0 atom stereocenters. The normalized spacial score (nSPS) is 6.78. The van der Waals surface area contributed by atoms with Crippen molar-refractivity contribution < 1.29 is 37.1 Å². The summed E-state index contributed by atoms with van der Waals surface area (Å²) in [5.41, 5.74) is 0. The Morgan fingerprint density at radius 2 is 1.33 bits per heavy atom. The van der Waals surface area contributed by atoms with Gasteiger partial charge in [-0.15, -0.1) is 0 Å². The molecule has 4 heteroatoms. The summed E-state index contributed by atoms with van der Waals surface area (Å²) in [4.78, 5) is 20.1. The van der Waals surface area contributed by atoms with Gasteiger partial charge < -0.3 is 0 Å². The van der Waals surface area contributed by atoms with E-state index in [0.717, 1.165) is 0 Å². The van der Waals surface area contributed by atoms with Gasteiger partial charge in [-0.2, -0.15) is 0 Å². The van der Waals surface area contributed by atoms with E-state index in [1.807, 2.05) is 0 Å². The Kier molecular flexibility index (Phi) is 10.5. The van der Waals surface area contributed by atoms with Gasteiger partial charge in [-0.05, 0) is 13.8 Å². The summed E-state index contributed by atoms with van der Waals surface area (Å²) < 4.78 is 8.34. The molecule has 0 aromatic rings. The summed E-state index contributed by atoms with van der Waals surface area (Å²) in [5.74, 6) is -0.125. The second-order valence-corrected chi connectivity index (χ2v) is 1.58. The fourth-order valence-corrected chi connectivity index (χ4v) is 0.351. The summed E-state index contributed by atoms with van der Waals surface area (Å²) >= 11 is 0.300. The molecule has 0 aliphatic heterocycles. The molecule has 0 spiro atoms. The van der Waals surface area contributed by atoms with E-state index in [-0.39, 0.29) is 18.0 Å². The van der Waals surface area contributed by atoms with Crippen LogP contribution in [0.3, 0.4) is 0 Å². The van der Waals surface area contributed by atoms with E-state index in [2.05, 4.69) is 0 Å². The van der Waals surface area contributed by atoms with Gasteiger partial charge in [-0.3, -0.25) is 9.59 Å². The first-order valence-electron chi connectivity index (χ1n) is 2.32. The van der Waals surface area contributed by atoms with Crippen LogP contribution in [-0.4, -0.2) is 11.6 Å². The summed E-state index contributed by atoms with van der Waals surface area (Å²) in [7, 11) is 0. The predicted octanol–water partition coefficient (Wildman–Crippen LogP) is 0.433. The van der Waals surface area contributed by atoms with E-state index in [0.29, 0.717) is 24.7 Å². The molecule has 9 heavy (non-hydrogen) atoms. The molecule has 0 saturated heterocycles. The van der Waals surface area contributed by atoms with E-state index in [4.69, 9.17) is 2.81 Å². The third kappa shape index (κ3) is 18.0. The first-order chi connectivity index (χ1) is 4.13. The third-order valence-corrected chi connectivity index (χ3v) is 0.498. The van der Waals surface area contributed by atoms with Crippen LogP contribution in [0.25, 0.3) is 0 Å². The number of hydrogen-bond donors (Lipinski definition) is 0. The first kappa shape index (κ1) is 11.8. The van der Waals surface area contributed by atoms with Crippen molar-refractivity contribution in [1.29, 1.82) is 0 Å². The summed E-state index contributed by atoms with van der Waals surface area (Å²) in [6.07, 6.45) is 0.0833. The van der Waals surface area contributed by atoms with E-state index in [9.17, 15) is 9.59 Å². The summed E-state index contributed by atoms with van der Waals surface area (Å²) in [5, 5.41) is 0. The van der Waals surface area contributed by atoms with Gasteiger partial charge in [0.2, 0.25) is 0 Å². The molecule has 0 unspecified atom stereocenters. The molecule has 0 radical (unpaired) electrons. The molecular weight excluding hydrogens is 199 g/mol. The van der Waals surface area contributed by atoms with Gasteiger partial charge in [0, 0.05) is 0 Å². The molecule has 0 rings (SSSR count). The van der Waals surface area contributed by atoms with Crippen molar-refractivity contribution in [2.24, 2.45) is 0 Å². The van der Waals surface area contributed by atoms with Crippen molar-refractivity contribution in [2.75, 3.05) is 0 Å². The van der Waals surface area contributed by atoms with Crippen LogP contribution in [0, 0.1) is 0 Å². The van der Waals surface area contributed by atoms with Gasteiger partial charge in [0.05, 0.1) is 6.42 Å². The molecule has 0 saturated carbocycles. The van der Waals surface area contributed by atoms with Crippen molar-refractivity contribution in [3.05, 3.63) is 0 Å². The fourth-order valence-electron chi connectivity index (χ4n) is 0.351. The zero-order valence-electron chi connectivity index (χ0n) is 5.43. The molecule has 0 aromatic heterocycles. The van der Waals surface area contributed by atoms with Gasteiger partial charge in [0.1, 0.15) is 11.6 Å². The molecule has 0 aromatic carbocycles. The van der Waals surface area contributed by atoms with Crippen LogP contribution in [0.15, 0.2) is 0 Å². The van der Waals surface area contributed by atoms with Crippen LogP contribution < -0.4 is 0 Å². The van der Waals surface area contributed by atoms with Gasteiger partial charge >= 0.3 is 27.5 Å². The number of ketones is 2. The Hall–Kier alpha value is 0.0231. The minimum absolute atomic E-state index is 0.0625. The van der Waals surface area contributed by atoms with Crippen molar-refractivity contribution in [3.8, 4) is 0 Å². The summed E-state index contributed by atoms with van der Waals surface area (Å²) in [6.45, 7) is 2.81. The Balaban J connectivity index is 0. The van der Waals surface area contributed by atoms with Crippen LogP contribution in [-0.2, 0) is 37.1 Å². The molecule has 3 nitrogen and oxygen atoms in total. The van der Waals surface area contributed by atoms with Gasteiger partial charge in [0.25, 0.3) is 0 Å². The molecule has 0 N–H and O–H groups in total. The topological polar surface area (TPSA) is 51.2 Å². The van der Waals surface area contributed by atoms with E-state index < -0.39 is 0 Å². The Morgan fingerprint density at radius 1 is 1.11 bits per heavy atom. The molecule has 0 fully saturated rings. The van der Waals surface area contributed by atoms with Gasteiger partial charge in [-0.1, -0.05) is 0 Å². The van der Waals surface area contributed by atoms with Crippen LogP contribution in [0.4, 0.5) is 0 Å². The number of hydrogen-bond acceptors (Lipinski definition) is 3. The molecule has 0 heterocycles. The maximum absolute atomic E-state index is 10.0. The zero-order valence-corrected chi connectivity index (χ0v) is 7.89. The van der Waals surface area contributed by atoms with Crippen molar-refractivity contribution in [2.45, 2.75) is 20.3 Å². The Morgan fingerprint density at radius 3 is 1.33 bits per heavy atom. The van der Waals surface area contributed by atoms with Crippen LogP contribution >= 0.6 is 0 Å². The second-order valence-electron chi connectivity index (χ2n) is 1.58. The van der Waals surface area contributed by atoms with Crippen LogP contribution in [0.5, 0.6) is 0 Å². The fraction of sp³-hybridized carbons (Fsp3) is 0.600. The quantitative estimate of drug-likeness (QED) is 0.617. The monoisotopic (exact) mass is 206 g/mol.